The molecule has 0 amide bonds. The Morgan fingerprint density at radius 2 is 1.83 bits per heavy atom. The van der Waals surface area contributed by atoms with Gasteiger partial charge >= 0.3 is 0 Å². The molecule has 1 aliphatic rings. The predicted octanol–water partition coefficient (Wildman–Crippen LogP) is 5.30. The van der Waals surface area contributed by atoms with E-state index in [4.69, 9.17) is 16.3 Å². The van der Waals surface area contributed by atoms with Crippen LogP contribution in [0.15, 0.2) is 12.1 Å². The summed E-state index contributed by atoms with van der Waals surface area (Å²) in [6, 6.07) is 4.27. The van der Waals surface area contributed by atoms with Gasteiger partial charge in [0.2, 0.25) is 0 Å². The van der Waals surface area contributed by atoms with E-state index in [2.05, 4.69) is 32.9 Å². The van der Waals surface area contributed by atoms with Crippen LogP contribution >= 0.6 is 11.6 Å². The Morgan fingerprint density at radius 3 is 2.28 bits per heavy atom. The van der Waals surface area contributed by atoms with Crippen LogP contribution in [0.3, 0.4) is 0 Å². The van der Waals surface area contributed by atoms with Crippen molar-refractivity contribution in [1.29, 1.82) is 0 Å². The highest BCUT2D eigenvalue weighted by atomic mass is 35.5. The van der Waals surface area contributed by atoms with Gasteiger partial charge < -0.3 is 4.74 Å². The second-order valence-electron chi connectivity index (χ2n) is 6.56. The zero-order chi connectivity index (χ0) is 13.5. The molecule has 18 heavy (non-hydrogen) atoms. The second kappa shape index (κ2) is 4.77. The summed E-state index contributed by atoms with van der Waals surface area (Å²) in [5, 5.41) is 0.734. The van der Waals surface area contributed by atoms with Crippen molar-refractivity contribution < 1.29 is 4.74 Å². The SMILES string of the molecule is CC(C)Oc1cc(C2CC2)c(C(C)(C)C)cc1Cl. The van der Waals surface area contributed by atoms with Crippen molar-refractivity contribution in [2.75, 3.05) is 0 Å². The maximum absolute atomic E-state index is 6.35. The molecule has 0 spiro atoms. The Hall–Kier alpha value is -0.690. The summed E-state index contributed by atoms with van der Waals surface area (Å²) in [5.41, 5.74) is 2.94. The molecule has 1 fully saturated rings. The third-order valence-corrected chi connectivity index (χ3v) is 3.59. The highest BCUT2D eigenvalue weighted by molar-refractivity contribution is 6.32. The first kappa shape index (κ1) is 13.7. The molecule has 1 aromatic carbocycles. The highest BCUT2D eigenvalue weighted by Crippen LogP contribution is 2.47. The molecule has 1 aromatic rings. The second-order valence-corrected chi connectivity index (χ2v) is 6.97. The maximum atomic E-state index is 6.35. The molecule has 0 bridgehead atoms. The number of halogens is 1. The van der Waals surface area contributed by atoms with E-state index in [1.165, 1.54) is 24.0 Å². The Labute approximate surface area is 115 Å². The standard InChI is InChI=1S/C16H23ClO/c1-10(2)18-15-8-12(11-6-7-11)13(9-14(15)17)16(3,4)5/h8-11H,6-7H2,1-5H3. The van der Waals surface area contributed by atoms with Crippen LogP contribution < -0.4 is 4.74 Å². The van der Waals surface area contributed by atoms with Gasteiger partial charge in [-0.1, -0.05) is 32.4 Å². The summed E-state index contributed by atoms with van der Waals surface area (Å²) in [4.78, 5) is 0. The van der Waals surface area contributed by atoms with Gasteiger partial charge in [-0.2, -0.15) is 0 Å². The van der Waals surface area contributed by atoms with Gasteiger partial charge in [0, 0.05) is 0 Å². The lowest BCUT2D eigenvalue weighted by Crippen LogP contribution is -2.15. The van der Waals surface area contributed by atoms with E-state index < -0.39 is 0 Å². The fraction of sp³-hybridized carbons (Fsp3) is 0.625. The topological polar surface area (TPSA) is 9.23 Å². The van der Waals surface area contributed by atoms with E-state index in [0.717, 1.165) is 10.8 Å². The summed E-state index contributed by atoms with van der Waals surface area (Å²) < 4.78 is 5.80. The molecule has 2 heteroatoms. The van der Waals surface area contributed by atoms with Gasteiger partial charge in [-0.25, -0.2) is 0 Å². The van der Waals surface area contributed by atoms with Gasteiger partial charge in [0.25, 0.3) is 0 Å². The molecule has 0 atom stereocenters. The highest BCUT2D eigenvalue weighted by Gasteiger charge is 2.31. The minimum absolute atomic E-state index is 0.137. The average Bonchev–Trinajstić information content (AvgIpc) is 3.01. The van der Waals surface area contributed by atoms with Gasteiger partial charge in [0.15, 0.2) is 0 Å². The molecule has 0 aromatic heterocycles. The molecule has 0 unspecified atom stereocenters. The van der Waals surface area contributed by atoms with Crippen LogP contribution in [0.1, 0.15) is 64.5 Å². The molecule has 0 heterocycles. The summed E-state index contributed by atoms with van der Waals surface area (Å²) in [6.45, 7) is 10.8. The van der Waals surface area contributed by atoms with Crippen LogP contribution in [0.5, 0.6) is 5.75 Å². The van der Waals surface area contributed by atoms with Gasteiger partial charge in [-0.05, 0) is 61.3 Å². The van der Waals surface area contributed by atoms with Crippen LogP contribution in [0, 0.1) is 0 Å². The van der Waals surface area contributed by atoms with Crippen LogP contribution in [-0.4, -0.2) is 6.10 Å². The number of hydrogen-bond donors (Lipinski definition) is 0. The zero-order valence-electron chi connectivity index (χ0n) is 12.0. The first-order valence-electron chi connectivity index (χ1n) is 6.79. The number of hydrogen-bond acceptors (Lipinski definition) is 1. The Bertz CT molecular complexity index is 439. The van der Waals surface area contributed by atoms with Crippen molar-refractivity contribution in [1.82, 2.24) is 0 Å². The first-order valence-corrected chi connectivity index (χ1v) is 7.17. The third kappa shape index (κ3) is 3.00. The van der Waals surface area contributed by atoms with E-state index in [1.54, 1.807) is 0 Å². The van der Waals surface area contributed by atoms with Crippen molar-refractivity contribution in [3.63, 3.8) is 0 Å². The van der Waals surface area contributed by atoms with Crippen molar-refractivity contribution in [2.45, 2.75) is 64.9 Å². The average molecular weight is 267 g/mol. The summed E-state index contributed by atoms with van der Waals surface area (Å²) in [7, 11) is 0. The molecular formula is C16H23ClO. The van der Waals surface area contributed by atoms with Gasteiger partial charge in [0.1, 0.15) is 5.75 Å². The summed E-state index contributed by atoms with van der Waals surface area (Å²) >= 11 is 6.35. The molecule has 0 radical (unpaired) electrons. The Kier molecular flexibility index (Phi) is 3.64. The van der Waals surface area contributed by atoms with Crippen LogP contribution in [0.4, 0.5) is 0 Å². The lowest BCUT2D eigenvalue weighted by molar-refractivity contribution is 0.242. The quantitative estimate of drug-likeness (QED) is 0.721. The van der Waals surface area contributed by atoms with Crippen molar-refractivity contribution in [2.24, 2.45) is 0 Å². The van der Waals surface area contributed by atoms with Crippen molar-refractivity contribution in [3.05, 3.63) is 28.3 Å². The largest absolute Gasteiger partial charge is 0.489 e. The molecule has 1 aliphatic carbocycles. The lowest BCUT2D eigenvalue weighted by atomic mass is 9.82. The number of benzene rings is 1. The predicted molar refractivity (Wildman–Crippen MR) is 77.9 cm³/mol. The van der Waals surface area contributed by atoms with Gasteiger partial charge in [-0.3, -0.25) is 0 Å². The zero-order valence-corrected chi connectivity index (χ0v) is 12.8. The monoisotopic (exact) mass is 266 g/mol. The minimum Gasteiger partial charge on any atom is -0.489 e. The lowest BCUT2D eigenvalue weighted by Gasteiger charge is -2.25. The molecule has 1 saturated carbocycles. The Morgan fingerprint density at radius 1 is 1.22 bits per heavy atom. The normalized spacial score (nSPS) is 16.2. The van der Waals surface area contributed by atoms with E-state index >= 15 is 0 Å². The van der Waals surface area contributed by atoms with Crippen LogP contribution in [0.2, 0.25) is 5.02 Å². The van der Waals surface area contributed by atoms with Crippen molar-refractivity contribution >= 4 is 11.6 Å². The fourth-order valence-corrected chi connectivity index (χ4v) is 2.50. The summed E-state index contributed by atoms with van der Waals surface area (Å²) in [6.07, 6.45) is 2.76. The molecule has 0 saturated heterocycles. The van der Waals surface area contributed by atoms with Crippen LogP contribution in [0.25, 0.3) is 0 Å². The van der Waals surface area contributed by atoms with Crippen LogP contribution in [-0.2, 0) is 5.41 Å². The molecule has 2 rings (SSSR count). The van der Waals surface area contributed by atoms with E-state index in [1.807, 2.05) is 13.8 Å². The van der Waals surface area contributed by atoms with Crippen molar-refractivity contribution in [3.8, 4) is 5.75 Å². The molecule has 0 N–H and O–H groups in total. The molecular weight excluding hydrogens is 244 g/mol. The number of rotatable bonds is 3. The third-order valence-electron chi connectivity index (χ3n) is 3.29. The molecule has 0 aliphatic heterocycles. The van der Waals surface area contributed by atoms with E-state index in [0.29, 0.717) is 5.92 Å². The summed E-state index contributed by atoms with van der Waals surface area (Å²) in [5.74, 6) is 1.55. The maximum Gasteiger partial charge on any atom is 0.138 e. The molecule has 100 valence electrons. The Balaban J connectivity index is 2.45. The van der Waals surface area contributed by atoms with E-state index in [9.17, 15) is 0 Å². The smallest absolute Gasteiger partial charge is 0.138 e. The van der Waals surface area contributed by atoms with Gasteiger partial charge in [-0.15, -0.1) is 0 Å². The first-order chi connectivity index (χ1) is 8.29. The minimum atomic E-state index is 0.137. The van der Waals surface area contributed by atoms with Gasteiger partial charge in [0.05, 0.1) is 11.1 Å². The van der Waals surface area contributed by atoms with E-state index in [-0.39, 0.29) is 11.5 Å². The fourth-order valence-electron chi connectivity index (χ4n) is 2.29. The molecule has 1 nitrogen and oxygen atoms in total. The number of ether oxygens (including phenoxy) is 1.